The Morgan fingerprint density at radius 2 is 0.603 bits per heavy atom. The maximum Gasteiger partial charge on any atom is 0.135 e. The average Bonchev–Trinajstić information content (AvgIpc) is 1.59. The highest BCUT2D eigenvalue weighted by Crippen LogP contribution is 2.54. The van der Waals surface area contributed by atoms with Crippen LogP contribution in [0.1, 0.15) is 49.9 Å². The van der Waals surface area contributed by atoms with Crippen molar-refractivity contribution in [2.75, 3.05) is 9.80 Å². The fourth-order valence-electron chi connectivity index (χ4n) is 19.5. The van der Waals surface area contributed by atoms with Crippen LogP contribution in [0.3, 0.4) is 0 Å². The van der Waals surface area contributed by atoms with Gasteiger partial charge in [-0.05, 0) is 223 Å². The number of thiophene rings is 1. The highest BCUT2D eigenvalue weighted by molar-refractivity contribution is 7.25. The Hall–Kier alpha value is -14.3. The van der Waals surface area contributed by atoms with Crippen LogP contribution in [-0.4, -0.2) is 9.13 Å². The quantitative estimate of drug-likeness (QED) is 0.137. The highest BCUT2D eigenvalue weighted by Gasteiger charge is 2.38. The molecule has 0 bridgehead atoms. The maximum absolute atomic E-state index is 6.27. The molecule has 0 spiro atoms. The van der Waals surface area contributed by atoms with Crippen LogP contribution in [0.15, 0.2) is 393 Å². The fourth-order valence-corrected chi connectivity index (χ4v) is 20.6. The SMILES string of the molecule is CC1(C)c2ccccc2-c2ccc(N(c3ccc(-c4ccc5c(c4)c4ccccc4n5-c4cccc5ccccc45)cc3)c3ccc4oc5ccccc5c4c3)cc21.CC1(C)c2ccccc2-c2ccc(N(c3ccc(-c4ccc5c(c4)c4ccccc4n5-c4cccc5ccccc45)cc3)c3ccc4sc5ccccc5c4c3)cc21. The molecule has 0 atom stereocenters. The average molecular weight is 1500 g/mol. The van der Waals surface area contributed by atoms with E-state index in [-0.39, 0.29) is 10.8 Å². The third-order valence-electron chi connectivity index (χ3n) is 25.2. The zero-order chi connectivity index (χ0) is 77.1. The van der Waals surface area contributed by atoms with Gasteiger partial charge in [-0.1, -0.05) is 270 Å². The predicted molar refractivity (Wildman–Crippen MR) is 492 cm³/mol. The molecule has 6 heteroatoms. The summed E-state index contributed by atoms with van der Waals surface area (Å²) in [5.74, 6) is 0. The van der Waals surface area contributed by atoms with E-state index in [0.29, 0.717) is 0 Å². The number of benzene rings is 18. The maximum atomic E-state index is 6.27. The van der Waals surface area contributed by atoms with Gasteiger partial charge >= 0.3 is 0 Å². The smallest absolute Gasteiger partial charge is 0.135 e. The summed E-state index contributed by atoms with van der Waals surface area (Å²) in [6, 6.07) is 143. The molecule has 24 rings (SSSR count). The van der Waals surface area contributed by atoms with E-state index in [1.165, 1.54) is 163 Å². The van der Waals surface area contributed by atoms with Crippen molar-refractivity contribution in [2.24, 2.45) is 0 Å². The van der Waals surface area contributed by atoms with E-state index >= 15 is 0 Å². The molecule has 0 saturated carbocycles. The number of anilines is 6. The summed E-state index contributed by atoms with van der Waals surface area (Å²) in [5.41, 5.74) is 31.1. The first-order valence-corrected chi connectivity index (χ1v) is 41.0. The number of fused-ring (bicyclic) bond motifs is 20. The Morgan fingerprint density at radius 3 is 1.15 bits per heavy atom. The Labute approximate surface area is 676 Å². The molecule has 0 radical (unpaired) electrons. The van der Waals surface area contributed by atoms with Gasteiger partial charge in [0.2, 0.25) is 0 Å². The van der Waals surface area contributed by atoms with Crippen molar-refractivity contribution >= 4 is 153 Å². The summed E-state index contributed by atoms with van der Waals surface area (Å²) in [4.78, 5) is 4.83. The molecule has 0 aliphatic heterocycles. The van der Waals surface area contributed by atoms with Gasteiger partial charge in [0, 0.05) is 108 Å². The first-order chi connectivity index (χ1) is 57.0. The van der Waals surface area contributed by atoms with Crippen molar-refractivity contribution in [3.05, 3.63) is 411 Å². The molecule has 2 aliphatic rings. The normalized spacial score (nSPS) is 13.1. The van der Waals surface area contributed by atoms with E-state index in [9.17, 15) is 0 Å². The molecule has 0 unspecified atom stereocenters. The highest BCUT2D eigenvalue weighted by atomic mass is 32.1. The third kappa shape index (κ3) is 10.5. The van der Waals surface area contributed by atoms with E-state index in [4.69, 9.17) is 4.42 Å². The fraction of sp³-hybridized carbons (Fsp3) is 0.0545. The molecule has 18 aromatic carbocycles. The lowest BCUT2D eigenvalue weighted by Gasteiger charge is -2.28. The Bertz CT molecular complexity index is 7330. The lowest BCUT2D eigenvalue weighted by atomic mass is 9.82. The number of para-hydroxylation sites is 3. The topological polar surface area (TPSA) is 29.5 Å². The summed E-state index contributed by atoms with van der Waals surface area (Å²) in [7, 11) is 0. The van der Waals surface area contributed by atoms with E-state index in [1.54, 1.807) is 0 Å². The van der Waals surface area contributed by atoms with E-state index in [2.05, 4.69) is 423 Å². The van der Waals surface area contributed by atoms with Crippen molar-refractivity contribution in [1.82, 2.24) is 9.13 Å². The number of hydrogen-bond acceptors (Lipinski definition) is 4. The molecule has 2 aliphatic carbocycles. The lowest BCUT2D eigenvalue weighted by Crippen LogP contribution is -2.16. The summed E-state index contributed by atoms with van der Waals surface area (Å²) in [6.45, 7) is 9.42. The minimum Gasteiger partial charge on any atom is -0.456 e. The number of aromatic nitrogens is 2. The molecule has 0 N–H and O–H groups in total. The van der Waals surface area contributed by atoms with Crippen LogP contribution >= 0.6 is 11.3 Å². The standard InChI is InChI=1S/C55H38N2O.C55H38N2S/c2*1-55(2)48-18-8-5-15-42(48)43-29-27-40(34-49(43)55)56(39-28-31-54-47(33-39)45-17-7-10-21-53(45)58-54)38-25-22-35(23-26-38)37-24-30-52-46(32-37)44-16-6-9-19-51(44)57(52)50-20-11-13-36-12-3-4-14-41(36)50/h2*3-34H,1-2H3. The van der Waals surface area contributed by atoms with Crippen molar-refractivity contribution in [3.63, 3.8) is 0 Å². The Balaban J connectivity index is 0.000000137. The summed E-state index contributed by atoms with van der Waals surface area (Å²) < 4.78 is 13.8. The number of hydrogen-bond donors (Lipinski definition) is 0. The van der Waals surface area contributed by atoms with E-state index < -0.39 is 0 Å². The first kappa shape index (κ1) is 67.4. The largest absolute Gasteiger partial charge is 0.456 e. The van der Waals surface area contributed by atoms with Crippen LogP contribution in [0, 0.1) is 0 Å². The molecule has 4 heterocycles. The lowest BCUT2D eigenvalue weighted by molar-refractivity contribution is 0.660. The molecule has 548 valence electrons. The molecular formula is C110H76N4OS. The van der Waals surface area contributed by atoms with Crippen molar-refractivity contribution in [3.8, 4) is 55.9 Å². The molecule has 22 aromatic rings. The minimum absolute atomic E-state index is 0.0969. The molecule has 0 amide bonds. The molecule has 0 fully saturated rings. The molecule has 116 heavy (non-hydrogen) atoms. The second-order valence-corrected chi connectivity index (χ2v) is 33.4. The van der Waals surface area contributed by atoms with Crippen molar-refractivity contribution in [1.29, 1.82) is 0 Å². The summed E-state index contributed by atoms with van der Waals surface area (Å²) in [6.07, 6.45) is 0. The van der Waals surface area contributed by atoms with Crippen LogP contribution in [0.25, 0.3) is 163 Å². The number of nitrogens with zero attached hydrogens (tertiary/aromatic N) is 4. The van der Waals surface area contributed by atoms with Gasteiger partial charge in [-0.25, -0.2) is 0 Å². The number of rotatable bonds is 10. The van der Waals surface area contributed by atoms with Gasteiger partial charge in [0.25, 0.3) is 0 Å². The van der Waals surface area contributed by atoms with E-state index in [1.807, 2.05) is 23.5 Å². The van der Waals surface area contributed by atoms with Crippen molar-refractivity contribution in [2.45, 2.75) is 38.5 Å². The van der Waals surface area contributed by atoms with E-state index in [0.717, 1.165) is 56.1 Å². The second kappa shape index (κ2) is 26.1. The van der Waals surface area contributed by atoms with Gasteiger partial charge in [-0.15, -0.1) is 11.3 Å². The van der Waals surface area contributed by atoms with Crippen LogP contribution in [0.4, 0.5) is 34.1 Å². The van der Waals surface area contributed by atoms with Gasteiger partial charge in [-0.2, -0.15) is 0 Å². The van der Waals surface area contributed by atoms with Crippen molar-refractivity contribution < 1.29 is 4.42 Å². The molecular weight excluding hydrogens is 1430 g/mol. The zero-order valence-electron chi connectivity index (χ0n) is 64.6. The van der Waals surface area contributed by atoms with Gasteiger partial charge in [0.1, 0.15) is 11.2 Å². The first-order valence-electron chi connectivity index (χ1n) is 40.2. The minimum atomic E-state index is -0.114. The van der Waals surface area contributed by atoms with Crippen LogP contribution in [0.2, 0.25) is 0 Å². The number of furan rings is 1. The van der Waals surface area contributed by atoms with Crippen LogP contribution in [-0.2, 0) is 10.8 Å². The molecule has 4 aromatic heterocycles. The van der Waals surface area contributed by atoms with Gasteiger partial charge in [0.05, 0.1) is 33.4 Å². The summed E-state index contributed by atoms with van der Waals surface area (Å²) >= 11 is 1.86. The zero-order valence-corrected chi connectivity index (χ0v) is 65.4. The van der Waals surface area contributed by atoms with Crippen LogP contribution in [0.5, 0.6) is 0 Å². The Kier molecular flexibility index (Phi) is 15.2. The second-order valence-electron chi connectivity index (χ2n) is 32.3. The Morgan fingerprint density at radius 1 is 0.233 bits per heavy atom. The van der Waals surface area contributed by atoms with Crippen LogP contribution < -0.4 is 9.80 Å². The van der Waals surface area contributed by atoms with Gasteiger partial charge < -0.3 is 23.4 Å². The predicted octanol–water partition coefficient (Wildman–Crippen LogP) is 31.0. The monoisotopic (exact) mass is 1500 g/mol. The summed E-state index contributed by atoms with van der Waals surface area (Å²) in [5, 5.41) is 14.8. The van der Waals surface area contributed by atoms with Gasteiger partial charge in [-0.3, -0.25) is 0 Å². The third-order valence-corrected chi connectivity index (χ3v) is 26.3. The molecule has 0 saturated heterocycles. The van der Waals surface area contributed by atoms with Gasteiger partial charge in [0.15, 0.2) is 0 Å². The molecule has 5 nitrogen and oxygen atoms in total.